The summed E-state index contributed by atoms with van der Waals surface area (Å²) >= 11 is 0. The number of H-pyrrole nitrogens is 1. The molecule has 2 N–H and O–H groups in total. The van der Waals surface area contributed by atoms with Crippen molar-refractivity contribution in [3.05, 3.63) is 40.7 Å². The number of aromatic nitrogens is 2. The van der Waals surface area contributed by atoms with Crippen LogP contribution in [0.3, 0.4) is 0 Å². The molecule has 0 aliphatic carbocycles. The van der Waals surface area contributed by atoms with Crippen molar-refractivity contribution < 1.29 is 14.3 Å². The molecular weight excluding hydrogens is 294 g/mol. The summed E-state index contributed by atoms with van der Waals surface area (Å²) in [4.78, 5) is 11.9. The molecule has 0 aliphatic heterocycles. The predicted octanol–water partition coefficient (Wildman–Crippen LogP) is 2.43. The molecule has 0 atom stereocenters. The molecule has 1 heterocycles. The lowest BCUT2D eigenvalue weighted by molar-refractivity contribution is -0.121. The number of nitrogens with one attached hydrogen (secondary N) is 2. The van der Waals surface area contributed by atoms with E-state index in [9.17, 15) is 4.79 Å². The predicted molar refractivity (Wildman–Crippen MR) is 87.8 cm³/mol. The van der Waals surface area contributed by atoms with Gasteiger partial charge in [0.05, 0.1) is 25.8 Å². The van der Waals surface area contributed by atoms with E-state index in [1.54, 1.807) is 7.11 Å². The van der Waals surface area contributed by atoms with Crippen LogP contribution in [0.25, 0.3) is 0 Å². The molecular formula is C17H23N3O3. The molecule has 2 aromatic rings. The van der Waals surface area contributed by atoms with Crippen LogP contribution in [0, 0.1) is 20.8 Å². The quantitative estimate of drug-likeness (QED) is 0.822. The van der Waals surface area contributed by atoms with Crippen molar-refractivity contribution in [1.82, 2.24) is 15.5 Å². The Morgan fingerprint density at radius 2 is 2.04 bits per heavy atom. The van der Waals surface area contributed by atoms with Crippen LogP contribution in [0.4, 0.5) is 0 Å². The maximum absolute atomic E-state index is 11.9. The number of ether oxygens (including phenoxy) is 2. The maximum atomic E-state index is 11.9. The Bertz CT molecular complexity index is 660. The number of carbonyl (C=O) groups excluding carboxylic acids is 1. The molecule has 1 aromatic heterocycles. The molecule has 0 spiro atoms. The van der Waals surface area contributed by atoms with Crippen LogP contribution in [0.5, 0.6) is 11.5 Å². The zero-order chi connectivity index (χ0) is 16.8. The van der Waals surface area contributed by atoms with Crippen LogP contribution >= 0.6 is 0 Å². The van der Waals surface area contributed by atoms with Crippen molar-refractivity contribution in [1.29, 1.82) is 0 Å². The number of nitrogens with zero attached hydrogens (tertiary/aromatic N) is 1. The highest BCUT2D eigenvalue weighted by Crippen LogP contribution is 2.27. The van der Waals surface area contributed by atoms with Gasteiger partial charge in [-0.05, 0) is 38.5 Å². The molecule has 0 radical (unpaired) electrons. The summed E-state index contributed by atoms with van der Waals surface area (Å²) < 4.78 is 10.9. The average molecular weight is 317 g/mol. The Balaban J connectivity index is 1.79. The summed E-state index contributed by atoms with van der Waals surface area (Å²) in [6.07, 6.45) is 0.285. The second kappa shape index (κ2) is 7.67. The highest BCUT2D eigenvalue weighted by Gasteiger charge is 2.09. The molecule has 1 amide bonds. The molecule has 6 nitrogen and oxygen atoms in total. The molecule has 2 rings (SSSR count). The molecule has 23 heavy (non-hydrogen) atoms. The smallest absolute Gasteiger partial charge is 0.223 e. The van der Waals surface area contributed by atoms with Crippen molar-refractivity contribution in [3.63, 3.8) is 0 Å². The third kappa shape index (κ3) is 4.48. The molecule has 0 unspecified atom stereocenters. The second-order valence-corrected chi connectivity index (χ2v) is 5.44. The number of rotatable bonds is 7. The van der Waals surface area contributed by atoms with E-state index in [0.29, 0.717) is 24.7 Å². The zero-order valence-corrected chi connectivity index (χ0v) is 14.0. The number of benzene rings is 1. The van der Waals surface area contributed by atoms with Gasteiger partial charge in [-0.25, -0.2) is 0 Å². The van der Waals surface area contributed by atoms with Crippen LogP contribution < -0.4 is 14.8 Å². The van der Waals surface area contributed by atoms with E-state index in [1.807, 2.05) is 39.0 Å². The minimum Gasteiger partial charge on any atom is -0.493 e. The maximum Gasteiger partial charge on any atom is 0.223 e. The van der Waals surface area contributed by atoms with Crippen LogP contribution in [-0.4, -0.2) is 29.8 Å². The lowest BCUT2D eigenvalue weighted by atomic mass is 10.2. The minimum absolute atomic E-state index is 0.0592. The first-order chi connectivity index (χ1) is 11.0. The van der Waals surface area contributed by atoms with Crippen molar-refractivity contribution in [2.45, 2.75) is 33.7 Å². The summed E-state index contributed by atoms with van der Waals surface area (Å²) in [5.74, 6) is 1.26. The second-order valence-electron chi connectivity index (χ2n) is 5.44. The lowest BCUT2D eigenvalue weighted by Crippen LogP contribution is -2.25. The van der Waals surface area contributed by atoms with E-state index in [-0.39, 0.29) is 12.3 Å². The summed E-state index contributed by atoms with van der Waals surface area (Å²) in [5.41, 5.74) is 4.00. The van der Waals surface area contributed by atoms with Crippen LogP contribution in [0.15, 0.2) is 18.2 Å². The molecule has 0 bridgehead atoms. The van der Waals surface area contributed by atoms with Gasteiger partial charge >= 0.3 is 0 Å². The van der Waals surface area contributed by atoms with Crippen molar-refractivity contribution in [2.75, 3.05) is 13.7 Å². The van der Waals surface area contributed by atoms with Crippen molar-refractivity contribution in [3.8, 4) is 11.5 Å². The Hall–Kier alpha value is -2.50. The van der Waals surface area contributed by atoms with E-state index < -0.39 is 0 Å². The Morgan fingerprint density at radius 1 is 1.26 bits per heavy atom. The zero-order valence-electron chi connectivity index (χ0n) is 14.0. The molecule has 0 saturated heterocycles. The number of aryl methyl sites for hydroxylation is 3. The highest BCUT2D eigenvalue weighted by molar-refractivity contribution is 5.76. The number of methoxy groups -OCH3 is 1. The van der Waals surface area contributed by atoms with Crippen LogP contribution in [0.2, 0.25) is 0 Å². The Labute approximate surface area is 136 Å². The third-order valence-electron chi connectivity index (χ3n) is 3.65. The first-order valence-corrected chi connectivity index (χ1v) is 7.56. The van der Waals surface area contributed by atoms with E-state index >= 15 is 0 Å². The first kappa shape index (κ1) is 16.9. The first-order valence-electron chi connectivity index (χ1n) is 7.56. The molecule has 0 aliphatic rings. The van der Waals surface area contributed by atoms with E-state index in [1.165, 1.54) is 0 Å². The number of carbonyl (C=O) groups is 1. The lowest BCUT2D eigenvalue weighted by Gasteiger charge is -2.11. The summed E-state index contributed by atoms with van der Waals surface area (Å²) in [5, 5.41) is 9.89. The van der Waals surface area contributed by atoms with Gasteiger partial charge in [-0.2, -0.15) is 5.10 Å². The summed E-state index contributed by atoms with van der Waals surface area (Å²) in [6, 6.07) is 5.70. The van der Waals surface area contributed by atoms with Gasteiger partial charge in [-0.1, -0.05) is 6.07 Å². The van der Waals surface area contributed by atoms with Gasteiger partial charge in [-0.3, -0.25) is 9.89 Å². The van der Waals surface area contributed by atoms with Gasteiger partial charge in [0.25, 0.3) is 0 Å². The summed E-state index contributed by atoms with van der Waals surface area (Å²) in [7, 11) is 1.60. The largest absolute Gasteiger partial charge is 0.493 e. The highest BCUT2D eigenvalue weighted by atomic mass is 16.5. The average Bonchev–Trinajstić information content (AvgIpc) is 2.85. The number of hydrogen-bond acceptors (Lipinski definition) is 4. The summed E-state index contributed by atoms with van der Waals surface area (Å²) in [6.45, 7) is 6.61. The number of aromatic amines is 1. The van der Waals surface area contributed by atoms with Gasteiger partial charge in [0, 0.05) is 17.8 Å². The molecule has 0 saturated carbocycles. The van der Waals surface area contributed by atoms with Gasteiger partial charge in [0.2, 0.25) is 5.91 Å². The number of hydrogen-bond donors (Lipinski definition) is 2. The van der Waals surface area contributed by atoms with Crippen LogP contribution in [-0.2, 0) is 11.3 Å². The fourth-order valence-corrected chi connectivity index (χ4v) is 2.26. The Kier molecular flexibility index (Phi) is 5.62. The topological polar surface area (TPSA) is 76.2 Å². The van der Waals surface area contributed by atoms with Gasteiger partial charge in [0.15, 0.2) is 11.5 Å². The molecule has 6 heteroatoms. The fraction of sp³-hybridized carbons (Fsp3) is 0.412. The normalized spacial score (nSPS) is 10.4. The molecule has 1 aromatic carbocycles. The minimum atomic E-state index is -0.0592. The van der Waals surface area contributed by atoms with Gasteiger partial charge < -0.3 is 14.8 Å². The van der Waals surface area contributed by atoms with E-state index in [0.717, 1.165) is 22.5 Å². The van der Waals surface area contributed by atoms with Crippen LogP contribution in [0.1, 0.15) is 28.9 Å². The third-order valence-corrected chi connectivity index (χ3v) is 3.65. The molecule has 0 fully saturated rings. The van der Waals surface area contributed by atoms with Gasteiger partial charge in [0.1, 0.15) is 0 Å². The van der Waals surface area contributed by atoms with E-state index in [4.69, 9.17) is 9.47 Å². The Morgan fingerprint density at radius 3 is 2.70 bits per heavy atom. The van der Waals surface area contributed by atoms with Crippen molar-refractivity contribution in [2.24, 2.45) is 0 Å². The van der Waals surface area contributed by atoms with E-state index in [2.05, 4.69) is 15.5 Å². The fourth-order valence-electron chi connectivity index (χ4n) is 2.26. The SMILES string of the molecule is COc1cc(C)ccc1OCCC(=O)NCc1c(C)n[nH]c1C. The standard InChI is InChI=1S/C17H23N3O3/c1-11-5-6-15(16(9-11)22-4)23-8-7-17(21)18-10-14-12(2)19-20-13(14)3/h5-6,9H,7-8,10H2,1-4H3,(H,18,21)(H,19,20). The monoisotopic (exact) mass is 317 g/mol. The van der Waals surface area contributed by atoms with Crippen molar-refractivity contribution >= 4 is 5.91 Å². The number of amides is 1. The van der Waals surface area contributed by atoms with Gasteiger partial charge in [-0.15, -0.1) is 0 Å². The molecule has 124 valence electrons.